The Labute approximate surface area is 128 Å². The van der Waals surface area contributed by atoms with Crippen molar-refractivity contribution in [2.75, 3.05) is 0 Å². The smallest absolute Gasteiger partial charge is 0.206 e. The third kappa shape index (κ3) is 2.53. The summed E-state index contributed by atoms with van der Waals surface area (Å²) in [6.45, 7) is 0. The van der Waals surface area contributed by atoms with Gasteiger partial charge in [-0.15, -0.1) is 11.3 Å². The molecule has 1 aromatic heterocycles. The first-order chi connectivity index (χ1) is 8.41. The lowest BCUT2D eigenvalue weighted by molar-refractivity contribution is 0.426. The molecule has 1 heterocycles. The fourth-order valence-corrected chi connectivity index (χ4v) is 3.45. The van der Waals surface area contributed by atoms with E-state index in [0.29, 0.717) is 35.9 Å². The summed E-state index contributed by atoms with van der Waals surface area (Å²) in [6, 6.07) is 3.33. The van der Waals surface area contributed by atoms with Crippen molar-refractivity contribution in [3.63, 3.8) is 0 Å². The minimum Gasteiger partial charge on any atom is -0.494 e. The highest BCUT2D eigenvalue weighted by Gasteiger charge is 2.15. The van der Waals surface area contributed by atoms with Gasteiger partial charge in [0.25, 0.3) is 0 Å². The molecule has 0 unspecified atom stereocenters. The Morgan fingerprint density at radius 3 is 2.44 bits per heavy atom. The van der Waals surface area contributed by atoms with Crippen LogP contribution in [-0.2, 0) is 13.5 Å². The van der Waals surface area contributed by atoms with Crippen LogP contribution >= 0.6 is 58.4 Å². The highest BCUT2D eigenvalue weighted by Crippen LogP contribution is 2.36. The van der Waals surface area contributed by atoms with Gasteiger partial charge in [0.1, 0.15) is 0 Å². The molecule has 2 nitrogen and oxygen atoms in total. The summed E-state index contributed by atoms with van der Waals surface area (Å²) >= 11 is 24.6. The Balaban J connectivity index is 2.49. The van der Waals surface area contributed by atoms with Crippen molar-refractivity contribution in [3.8, 4) is 5.88 Å². The molecule has 0 bridgehead atoms. The third-order valence-electron chi connectivity index (χ3n) is 2.53. The maximum Gasteiger partial charge on any atom is 0.206 e. The summed E-state index contributed by atoms with van der Waals surface area (Å²) in [7, 11) is 1.71. The van der Waals surface area contributed by atoms with Gasteiger partial charge in [-0.05, 0) is 29.9 Å². The van der Waals surface area contributed by atoms with Gasteiger partial charge in [-0.3, -0.25) is 4.57 Å². The van der Waals surface area contributed by atoms with E-state index < -0.39 is 0 Å². The van der Waals surface area contributed by atoms with Crippen LogP contribution in [0, 0.1) is 3.95 Å². The predicted octanol–water partition coefficient (Wildman–Crippen LogP) is 5.07. The molecule has 0 amide bonds. The molecule has 1 N–H and O–H groups in total. The van der Waals surface area contributed by atoms with Crippen molar-refractivity contribution in [1.82, 2.24) is 4.57 Å². The molecule has 0 aliphatic rings. The van der Waals surface area contributed by atoms with Gasteiger partial charge in [-0.25, -0.2) is 0 Å². The molecular weight excluding hydrogens is 333 g/mol. The van der Waals surface area contributed by atoms with Crippen LogP contribution in [0.2, 0.25) is 15.1 Å². The molecule has 0 aliphatic carbocycles. The van der Waals surface area contributed by atoms with E-state index in [-0.39, 0.29) is 5.88 Å². The largest absolute Gasteiger partial charge is 0.494 e. The fourth-order valence-electron chi connectivity index (χ4n) is 1.50. The molecule has 18 heavy (non-hydrogen) atoms. The average Bonchev–Trinajstić information content (AvgIpc) is 2.57. The van der Waals surface area contributed by atoms with Crippen molar-refractivity contribution in [2.45, 2.75) is 6.42 Å². The Kier molecular flexibility index (Phi) is 4.24. The van der Waals surface area contributed by atoms with E-state index in [2.05, 4.69) is 0 Å². The van der Waals surface area contributed by atoms with Gasteiger partial charge < -0.3 is 5.11 Å². The van der Waals surface area contributed by atoms with E-state index >= 15 is 0 Å². The molecule has 0 aliphatic heterocycles. The van der Waals surface area contributed by atoms with Gasteiger partial charge in [0, 0.05) is 18.5 Å². The molecule has 2 aromatic rings. The van der Waals surface area contributed by atoms with Gasteiger partial charge in [0.2, 0.25) is 5.88 Å². The zero-order valence-electron chi connectivity index (χ0n) is 9.21. The molecule has 7 heteroatoms. The summed E-state index contributed by atoms with van der Waals surface area (Å²) in [5, 5.41) is 11.3. The number of rotatable bonds is 2. The minimum atomic E-state index is 0.136. The number of aromatic hydroxyl groups is 1. The van der Waals surface area contributed by atoms with Crippen LogP contribution in [0.5, 0.6) is 5.88 Å². The zero-order valence-corrected chi connectivity index (χ0v) is 13.1. The summed E-state index contributed by atoms with van der Waals surface area (Å²) < 4.78 is 2.14. The quantitative estimate of drug-likeness (QED) is 0.609. The van der Waals surface area contributed by atoms with E-state index in [9.17, 15) is 5.11 Å². The SMILES string of the molecule is Cn1c(O)c(Cc2c(Cl)ccc(Cl)c2Cl)sc1=S. The maximum atomic E-state index is 9.92. The lowest BCUT2D eigenvalue weighted by Gasteiger charge is -2.07. The fraction of sp³-hybridized carbons (Fsp3) is 0.182. The Hall–Kier alpha value is -0.260. The molecule has 0 atom stereocenters. The Morgan fingerprint density at radius 2 is 1.89 bits per heavy atom. The van der Waals surface area contributed by atoms with E-state index in [1.54, 1.807) is 23.7 Å². The number of benzene rings is 1. The summed E-state index contributed by atoms with van der Waals surface area (Å²) in [5.74, 6) is 0.136. The molecule has 96 valence electrons. The van der Waals surface area contributed by atoms with Gasteiger partial charge in [-0.1, -0.05) is 34.8 Å². The second kappa shape index (κ2) is 5.39. The molecule has 0 saturated heterocycles. The molecule has 0 spiro atoms. The lowest BCUT2D eigenvalue weighted by Crippen LogP contribution is -1.92. The number of hydrogen-bond donors (Lipinski definition) is 1. The topological polar surface area (TPSA) is 25.2 Å². The van der Waals surface area contributed by atoms with Crippen LogP contribution in [0.3, 0.4) is 0 Å². The van der Waals surface area contributed by atoms with Gasteiger partial charge >= 0.3 is 0 Å². The summed E-state index contributed by atoms with van der Waals surface area (Å²) in [4.78, 5) is 0.716. The minimum absolute atomic E-state index is 0.136. The normalized spacial score (nSPS) is 10.9. The maximum absolute atomic E-state index is 9.92. The summed E-state index contributed by atoms with van der Waals surface area (Å²) in [5.41, 5.74) is 0.693. The number of thiazole rings is 1. The van der Waals surface area contributed by atoms with Crippen molar-refractivity contribution in [2.24, 2.45) is 7.05 Å². The lowest BCUT2D eigenvalue weighted by atomic mass is 10.1. The van der Waals surface area contributed by atoms with Crippen LogP contribution in [0.1, 0.15) is 10.4 Å². The zero-order chi connectivity index (χ0) is 13.4. The van der Waals surface area contributed by atoms with Crippen LogP contribution in [0.4, 0.5) is 0 Å². The molecule has 1 aromatic carbocycles. The van der Waals surface area contributed by atoms with Gasteiger partial charge in [0.15, 0.2) is 3.95 Å². The Morgan fingerprint density at radius 1 is 1.28 bits per heavy atom. The second-order valence-corrected chi connectivity index (χ2v) is 6.59. The number of nitrogens with zero attached hydrogens (tertiary/aromatic N) is 1. The van der Waals surface area contributed by atoms with Crippen molar-refractivity contribution in [1.29, 1.82) is 0 Å². The van der Waals surface area contributed by atoms with Gasteiger partial charge in [-0.2, -0.15) is 0 Å². The third-order valence-corrected chi connectivity index (χ3v) is 5.27. The first kappa shape index (κ1) is 14.2. The molecule has 0 saturated carbocycles. The van der Waals surface area contributed by atoms with Crippen LogP contribution < -0.4 is 0 Å². The van der Waals surface area contributed by atoms with Crippen LogP contribution in [-0.4, -0.2) is 9.67 Å². The molecular formula is C11H8Cl3NOS2. The van der Waals surface area contributed by atoms with Crippen molar-refractivity contribution >= 4 is 58.4 Å². The van der Waals surface area contributed by atoms with E-state index in [4.69, 9.17) is 47.0 Å². The summed E-state index contributed by atoms with van der Waals surface area (Å²) in [6.07, 6.45) is 0.402. The number of aromatic nitrogens is 1. The monoisotopic (exact) mass is 339 g/mol. The highest BCUT2D eigenvalue weighted by molar-refractivity contribution is 7.73. The first-order valence-electron chi connectivity index (χ1n) is 4.92. The van der Waals surface area contributed by atoms with Crippen molar-refractivity contribution in [3.05, 3.63) is 41.6 Å². The van der Waals surface area contributed by atoms with Gasteiger partial charge in [0.05, 0.1) is 14.9 Å². The van der Waals surface area contributed by atoms with Crippen molar-refractivity contribution < 1.29 is 5.11 Å². The number of halogens is 3. The first-order valence-corrected chi connectivity index (χ1v) is 7.27. The predicted molar refractivity (Wildman–Crippen MR) is 80.1 cm³/mol. The molecule has 0 radical (unpaired) electrons. The van der Waals surface area contributed by atoms with Crippen LogP contribution in [0.25, 0.3) is 0 Å². The standard InChI is InChI=1S/C11H8Cl3NOS2/c1-15-10(16)8(18-11(15)17)4-5-6(12)2-3-7(13)9(5)14/h2-3,16H,4H2,1H3. The van der Waals surface area contributed by atoms with E-state index in [0.717, 1.165) is 0 Å². The second-order valence-electron chi connectivity index (χ2n) is 3.67. The van der Waals surface area contributed by atoms with E-state index in [1.807, 2.05) is 0 Å². The number of hydrogen-bond acceptors (Lipinski definition) is 3. The molecule has 0 fully saturated rings. The van der Waals surface area contributed by atoms with E-state index in [1.165, 1.54) is 11.3 Å². The van der Waals surface area contributed by atoms with Crippen LogP contribution in [0.15, 0.2) is 12.1 Å². The molecule has 2 rings (SSSR count). The highest BCUT2D eigenvalue weighted by atomic mass is 35.5. The average molecular weight is 341 g/mol. The Bertz CT molecular complexity index is 663.